The van der Waals surface area contributed by atoms with Crippen molar-refractivity contribution < 1.29 is 23.9 Å². The topological polar surface area (TPSA) is 69.7 Å². The van der Waals surface area contributed by atoms with Crippen LogP contribution < -0.4 is 0 Å². The summed E-state index contributed by atoms with van der Waals surface area (Å²) in [5.41, 5.74) is 4.07. The van der Waals surface area contributed by atoms with Gasteiger partial charge in [0.2, 0.25) is 0 Å². The van der Waals surface area contributed by atoms with Crippen molar-refractivity contribution in [3.63, 3.8) is 0 Å². The average molecular weight is 591 g/mol. The number of carbonyl (C=O) groups excluding carboxylic acids is 3. The molecule has 0 saturated heterocycles. The van der Waals surface area contributed by atoms with Gasteiger partial charge in [-0.2, -0.15) is 11.3 Å². The van der Waals surface area contributed by atoms with Crippen LogP contribution in [0.5, 0.6) is 0 Å². The first-order valence-electron chi connectivity index (χ1n) is 14.7. The van der Waals surface area contributed by atoms with E-state index in [1.54, 1.807) is 11.3 Å². The van der Waals surface area contributed by atoms with Crippen LogP contribution in [-0.2, 0) is 32.3 Å². The largest absolute Gasteiger partial charge is 0.460 e. The molecule has 0 bridgehead atoms. The van der Waals surface area contributed by atoms with E-state index in [2.05, 4.69) is 18.4 Å². The molecular formula is C37H34O5S. The number of hydrogen-bond acceptors (Lipinski definition) is 6. The Hall–Kier alpha value is -4.29. The van der Waals surface area contributed by atoms with E-state index in [0.29, 0.717) is 12.0 Å². The maximum atomic E-state index is 14.0. The summed E-state index contributed by atoms with van der Waals surface area (Å²) in [6.07, 6.45) is 1.04. The number of rotatable bonds is 9. The number of hydrogen-bond donors (Lipinski definition) is 0. The van der Waals surface area contributed by atoms with Crippen LogP contribution in [0.2, 0.25) is 0 Å². The lowest BCUT2D eigenvalue weighted by Crippen LogP contribution is -2.40. The zero-order chi connectivity index (χ0) is 29.8. The van der Waals surface area contributed by atoms with E-state index in [4.69, 9.17) is 9.47 Å². The highest BCUT2D eigenvalue weighted by Crippen LogP contribution is 2.56. The third kappa shape index (κ3) is 5.84. The molecule has 2 aliphatic carbocycles. The highest BCUT2D eigenvalue weighted by atomic mass is 32.1. The summed E-state index contributed by atoms with van der Waals surface area (Å²) in [7, 11) is 0. The van der Waals surface area contributed by atoms with Gasteiger partial charge in [-0.25, -0.2) is 0 Å². The molecule has 0 saturated carbocycles. The van der Waals surface area contributed by atoms with Gasteiger partial charge in [-0.3, -0.25) is 14.4 Å². The second kappa shape index (κ2) is 12.5. The molecule has 1 aromatic heterocycles. The number of ether oxygens (including phenoxy) is 2. The number of Topliss-reactive ketones (excluding diaryl/α,β-unsaturated/α-hetero) is 1. The quantitative estimate of drug-likeness (QED) is 0.0857. The minimum absolute atomic E-state index is 0.0517. The summed E-state index contributed by atoms with van der Waals surface area (Å²) in [4.78, 5) is 42.0. The molecule has 0 amide bonds. The van der Waals surface area contributed by atoms with Gasteiger partial charge in [0.25, 0.3) is 0 Å². The first-order chi connectivity index (χ1) is 21.0. The fourth-order valence-electron chi connectivity index (χ4n) is 6.74. The molecule has 3 aromatic carbocycles. The van der Waals surface area contributed by atoms with Crippen LogP contribution >= 0.6 is 11.3 Å². The third-order valence-corrected chi connectivity index (χ3v) is 9.69. The molecule has 2 aliphatic rings. The van der Waals surface area contributed by atoms with Gasteiger partial charge in [0.1, 0.15) is 13.2 Å². The predicted molar refractivity (Wildman–Crippen MR) is 166 cm³/mol. The van der Waals surface area contributed by atoms with Crippen LogP contribution in [-0.4, -0.2) is 17.7 Å². The van der Waals surface area contributed by atoms with Gasteiger partial charge >= 0.3 is 11.9 Å². The van der Waals surface area contributed by atoms with Crippen LogP contribution in [0.1, 0.15) is 59.2 Å². The van der Waals surface area contributed by atoms with E-state index in [1.807, 2.05) is 96.4 Å². The number of carbonyl (C=O) groups is 3. The Morgan fingerprint density at radius 1 is 0.767 bits per heavy atom. The van der Waals surface area contributed by atoms with Crippen molar-refractivity contribution in [3.05, 3.63) is 141 Å². The number of allylic oxidation sites excluding steroid dienone is 2. The standard InChI is InChI=1S/C37H34O5S/c1-25-32-21-37(35(39)41-22-26-11-5-2-6-12-26,36(40)42-23-27-13-7-3-8-14-27)20-30(32)19-31(29-17-18-43-24-29)33(25)34(38)28-15-9-4-10-16-28/h2-18,24-25,31,33H,19-23H2,1H3/t25-,31-,33+/m1/s1. The lowest BCUT2D eigenvalue weighted by Gasteiger charge is -2.37. The Labute approximate surface area is 256 Å². The predicted octanol–water partition coefficient (Wildman–Crippen LogP) is 7.93. The molecule has 0 radical (unpaired) electrons. The van der Waals surface area contributed by atoms with Crippen molar-refractivity contribution in [2.45, 2.75) is 45.3 Å². The minimum atomic E-state index is -1.49. The van der Waals surface area contributed by atoms with Crippen LogP contribution in [0.25, 0.3) is 0 Å². The first-order valence-corrected chi connectivity index (χ1v) is 15.6. The third-order valence-electron chi connectivity index (χ3n) is 8.99. The molecule has 0 unspecified atom stereocenters. The Bertz CT molecular complexity index is 1550. The van der Waals surface area contributed by atoms with E-state index >= 15 is 0 Å². The van der Waals surface area contributed by atoms with Crippen molar-refractivity contribution in [3.8, 4) is 0 Å². The van der Waals surface area contributed by atoms with Crippen molar-refractivity contribution >= 4 is 29.1 Å². The van der Waals surface area contributed by atoms with Crippen LogP contribution in [0.15, 0.2) is 119 Å². The van der Waals surface area contributed by atoms with E-state index in [9.17, 15) is 14.4 Å². The molecule has 0 N–H and O–H groups in total. The maximum Gasteiger partial charge on any atom is 0.324 e. The fourth-order valence-corrected chi connectivity index (χ4v) is 7.47. The summed E-state index contributed by atoms with van der Waals surface area (Å²) in [5, 5.41) is 4.15. The Morgan fingerprint density at radius 2 is 1.33 bits per heavy atom. The molecule has 43 heavy (non-hydrogen) atoms. The molecule has 0 spiro atoms. The second-order valence-electron chi connectivity index (χ2n) is 11.6. The molecule has 218 valence electrons. The van der Waals surface area contributed by atoms with Gasteiger partial charge < -0.3 is 9.47 Å². The van der Waals surface area contributed by atoms with Crippen LogP contribution in [0.4, 0.5) is 0 Å². The average Bonchev–Trinajstić information content (AvgIpc) is 3.73. The molecule has 0 aliphatic heterocycles. The molecule has 0 fully saturated rings. The van der Waals surface area contributed by atoms with Crippen LogP contribution in [0.3, 0.4) is 0 Å². The lowest BCUT2D eigenvalue weighted by atomic mass is 9.66. The van der Waals surface area contributed by atoms with E-state index in [-0.39, 0.29) is 49.6 Å². The molecule has 6 heteroatoms. The first kappa shape index (κ1) is 28.8. The van der Waals surface area contributed by atoms with E-state index < -0.39 is 17.4 Å². The smallest absolute Gasteiger partial charge is 0.324 e. The Balaban J connectivity index is 1.32. The van der Waals surface area contributed by atoms with Crippen molar-refractivity contribution in [1.29, 1.82) is 0 Å². The van der Waals surface area contributed by atoms with Gasteiger partial charge in [0, 0.05) is 11.5 Å². The second-order valence-corrected chi connectivity index (χ2v) is 12.4. The monoisotopic (exact) mass is 590 g/mol. The highest BCUT2D eigenvalue weighted by molar-refractivity contribution is 7.08. The molecule has 5 nitrogen and oxygen atoms in total. The number of ketones is 1. The van der Waals surface area contributed by atoms with Gasteiger partial charge in [-0.15, -0.1) is 0 Å². The number of esters is 2. The van der Waals surface area contributed by atoms with Gasteiger partial charge in [-0.1, -0.05) is 109 Å². The molecule has 1 heterocycles. The summed E-state index contributed by atoms with van der Waals surface area (Å²) in [6.45, 7) is 2.21. The summed E-state index contributed by atoms with van der Waals surface area (Å²) in [6, 6.07) is 30.4. The zero-order valence-electron chi connectivity index (χ0n) is 24.1. The summed E-state index contributed by atoms with van der Waals surface area (Å²) in [5.74, 6) is -1.58. The molecule has 3 atom stereocenters. The highest BCUT2D eigenvalue weighted by Gasteiger charge is 2.57. The summed E-state index contributed by atoms with van der Waals surface area (Å²) >= 11 is 1.61. The lowest BCUT2D eigenvalue weighted by molar-refractivity contribution is -0.173. The van der Waals surface area contributed by atoms with E-state index in [0.717, 1.165) is 27.8 Å². The fraction of sp³-hybridized carbons (Fsp3) is 0.270. The molecular weight excluding hydrogens is 556 g/mol. The van der Waals surface area contributed by atoms with Gasteiger partial charge in [0.15, 0.2) is 11.2 Å². The Kier molecular flexibility index (Phi) is 8.39. The summed E-state index contributed by atoms with van der Waals surface area (Å²) < 4.78 is 11.7. The van der Waals surface area contributed by atoms with Crippen molar-refractivity contribution in [2.24, 2.45) is 17.3 Å². The van der Waals surface area contributed by atoms with Gasteiger partial charge in [0.05, 0.1) is 0 Å². The maximum absolute atomic E-state index is 14.0. The van der Waals surface area contributed by atoms with Crippen molar-refractivity contribution in [1.82, 2.24) is 0 Å². The minimum Gasteiger partial charge on any atom is -0.460 e. The van der Waals surface area contributed by atoms with Gasteiger partial charge in [-0.05, 0) is 64.6 Å². The molecule has 4 aromatic rings. The normalized spacial score (nSPS) is 20.7. The SMILES string of the molecule is C[C@@H]1C2=C(C[C@H](c3ccsc3)[C@H]1C(=O)c1ccccc1)CC(C(=O)OCc1ccccc1)(C(=O)OCc1ccccc1)C2. The molecule has 6 rings (SSSR count). The van der Waals surface area contributed by atoms with Crippen molar-refractivity contribution in [2.75, 3.05) is 0 Å². The zero-order valence-corrected chi connectivity index (χ0v) is 24.9. The number of thiophene rings is 1. The van der Waals surface area contributed by atoms with E-state index in [1.165, 1.54) is 0 Å². The number of benzene rings is 3. The van der Waals surface area contributed by atoms with Crippen LogP contribution in [0, 0.1) is 17.3 Å². The Morgan fingerprint density at radius 3 is 1.86 bits per heavy atom.